The Balaban J connectivity index is 2.50. The molecule has 1 aromatic heterocycles. The van der Waals surface area contributed by atoms with E-state index >= 15 is 0 Å². The highest BCUT2D eigenvalue weighted by Gasteiger charge is 2.18. The van der Waals surface area contributed by atoms with Gasteiger partial charge in [0.05, 0.1) is 5.02 Å². The average molecular weight is 185 g/mol. The molecule has 1 aliphatic heterocycles. The van der Waals surface area contributed by atoms with Crippen molar-refractivity contribution in [2.75, 3.05) is 11.9 Å². The van der Waals surface area contributed by atoms with Crippen molar-refractivity contribution in [2.45, 2.75) is 0 Å². The number of anilines is 1. The summed E-state index contributed by atoms with van der Waals surface area (Å²) < 4.78 is 5.01. The summed E-state index contributed by atoms with van der Waals surface area (Å²) in [6.45, 7) is 0.000340. The third kappa shape index (κ3) is 1.10. The maximum absolute atomic E-state index is 10.9. The zero-order chi connectivity index (χ0) is 8.55. The summed E-state index contributed by atoms with van der Waals surface area (Å²) >= 11 is 5.77. The van der Waals surface area contributed by atoms with Crippen LogP contribution in [0.1, 0.15) is 0 Å². The van der Waals surface area contributed by atoms with Gasteiger partial charge < -0.3 is 10.1 Å². The second-order valence-electron chi connectivity index (χ2n) is 2.31. The smallest absolute Gasteiger partial charge is 0.262 e. The lowest BCUT2D eigenvalue weighted by atomic mass is 10.3. The van der Waals surface area contributed by atoms with Crippen LogP contribution in [0.2, 0.25) is 5.02 Å². The van der Waals surface area contributed by atoms with Crippen LogP contribution in [-0.2, 0) is 4.79 Å². The number of aromatic nitrogens is 1. The topological polar surface area (TPSA) is 51.2 Å². The molecule has 5 heteroatoms. The van der Waals surface area contributed by atoms with Crippen molar-refractivity contribution in [3.63, 3.8) is 0 Å². The molecule has 12 heavy (non-hydrogen) atoms. The summed E-state index contributed by atoms with van der Waals surface area (Å²) in [4.78, 5) is 14.7. The molecule has 0 fully saturated rings. The molecule has 0 saturated carbocycles. The zero-order valence-corrected chi connectivity index (χ0v) is 6.76. The molecule has 0 radical (unpaired) electrons. The fourth-order valence-corrected chi connectivity index (χ4v) is 1.14. The van der Waals surface area contributed by atoms with Gasteiger partial charge in [-0.15, -0.1) is 0 Å². The number of rotatable bonds is 0. The minimum atomic E-state index is -0.211. The van der Waals surface area contributed by atoms with Gasteiger partial charge >= 0.3 is 0 Å². The lowest BCUT2D eigenvalue weighted by molar-refractivity contribution is -0.118. The van der Waals surface area contributed by atoms with Crippen molar-refractivity contribution >= 4 is 23.2 Å². The maximum atomic E-state index is 10.9. The van der Waals surface area contributed by atoms with Gasteiger partial charge in [-0.05, 0) is 6.07 Å². The molecule has 62 valence electrons. The first kappa shape index (κ1) is 7.36. The Hall–Kier alpha value is -1.29. The predicted molar refractivity (Wildman–Crippen MR) is 43.4 cm³/mol. The molecule has 0 saturated heterocycles. The predicted octanol–water partition coefficient (Wildman–Crippen LogP) is 1.07. The number of nitrogens with one attached hydrogen (secondary N) is 1. The highest BCUT2D eigenvalue weighted by molar-refractivity contribution is 6.34. The third-order valence-electron chi connectivity index (χ3n) is 1.47. The Bertz CT molecular complexity index is 340. The van der Waals surface area contributed by atoms with Gasteiger partial charge in [-0.3, -0.25) is 4.79 Å². The second-order valence-corrected chi connectivity index (χ2v) is 2.72. The van der Waals surface area contributed by atoms with Crippen LogP contribution < -0.4 is 10.1 Å². The standard InChI is InChI=1S/C7H5ClN2O2/c8-4-1-2-9-7-6(4)10-5(11)3-12-7/h1-2H,3H2,(H,10,11). The van der Waals surface area contributed by atoms with Gasteiger partial charge in [0.15, 0.2) is 6.61 Å². The molecule has 0 unspecified atom stereocenters. The van der Waals surface area contributed by atoms with E-state index in [1.807, 2.05) is 0 Å². The van der Waals surface area contributed by atoms with E-state index in [2.05, 4.69) is 10.3 Å². The Morgan fingerprint density at radius 1 is 1.67 bits per heavy atom. The largest absolute Gasteiger partial charge is 0.466 e. The number of pyridine rings is 1. The molecular formula is C7H5ClN2O2. The summed E-state index contributed by atoms with van der Waals surface area (Å²) in [7, 11) is 0. The molecule has 0 aromatic carbocycles. The average Bonchev–Trinajstić information content (AvgIpc) is 2.07. The summed E-state index contributed by atoms with van der Waals surface area (Å²) in [6, 6.07) is 1.59. The highest BCUT2D eigenvalue weighted by Crippen LogP contribution is 2.31. The van der Waals surface area contributed by atoms with Crippen LogP contribution in [0.25, 0.3) is 0 Å². The van der Waals surface area contributed by atoms with E-state index in [1.165, 1.54) is 6.20 Å². The first-order valence-electron chi connectivity index (χ1n) is 3.34. The molecule has 2 rings (SSSR count). The number of carbonyl (C=O) groups excluding carboxylic acids is 1. The van der Waals surface area contributed by atoms with Gasteiger partial charge in [-0.25, -0.2) is 4.98 Å². The van der Waals surface area contributed by atoms with Gasteiger partial charge in [0.25, 0.3) is 5.91 Å². The monoisotopic (exact) mass is 184 g/mol. The van der Waals surface area contributed by atoms with Crippen molar-refractivity contribution in [3.8, 4) is 5.88 Å². The lowest BCUT2D eigenvalue weighted by Crippen LogP contribution is -2.26. The molecule has 1 aliphatic rings. The van der Waals surface area contributed by atoms with Gasteiger partial charge in [0.1, 0.15) is 5.69 Å². The molecular weight excluding hydrogens is 180 g/mol. The summed E-state index contributed by atoms with van der Waals surface area (Å²) in [5.41, 5.74) is 0.454. The first-order valence-corrected chi connectivity index (χ1v) is 3.72. The summed E-state index contributed by atoms with van der Waals surface area (Å²) in [6.07, 6.45) is 1.53. The Morgan fingerprint density at radius 3 is 3.33 bits per heavy atom. The molecule has 0 bridgehead atoms. The number of ether oxygens (including phenoxy) is 1. The zero-order valence-electron chi connectivity index (χ0n) is 6.00. The quantitative estimate of drug-likeness (QED) is 0.656. The number of amides is 1. The van der Waals surface area contributed by atoms with Gasteiger partial charge in [-0.2, -0.15) is 0 Å². The minimum Gasteiger partial charge on any atom is -0.466 e. The number of fused-ring (bicyclic) bond motifs is 1. The van der Waals surface area contributed by atoms with Crippen molar-refractivity contribution in [3.05, 3.63) is 17.3 Å². The molecule has 1 aromatic rings. The highest BCUT2D eigenvalue weighted by atomic mass is 35.5. The van der Waals surface area contributed by atoms with Gasteiger partial charge in [0.2, 0.25) is 5.88 Å². The molecule has 0 spiro atoms. The van der Waals surface area contributed by atoms with Crippen LogP contribution in [0, 0.1) is 0 Å². The van der Waals surface area contributed by atoms with Crippen LogP contribution in [0.4, 0.5) is 5.69 Å². The number of carbonyl (C=O) groups is 1. The number of hydrogen-bond donors (Lipinski definition) is 1. The molecule has 0 atom stereocenters. The van der Waals surface area contributed by atoms with Crippen molar-refractivity contribution in [1.82, 2.24) is 4.98 Å². The first-order chi connectivity index (χ1) is 5.77. The van der Waals surface area contributed by atoms with Crippen LogP contribution in [0.15, 0.2) is 12.3 Å². The van der Waals surface area contributed by atoms with E-state index < -0.39 is 0 Å². The van der Waals surface area contributed by atoms with Crippen LogP contribution >= 0.6 is 11.6 Å². The van der Waals surface area contributed by atoms with Crippen LogP contribution in [0.5, 0.6) is 5.88 Å². The number of halogens is 1. The van der Waals surface area contributed by atoms with E-state index in [9.17, 15) is 4.79 Å². The fourth-order valence-electron chi connectivity index (χ4n) is 0.952. The van der Waals surface area contributed by atoms with E-state index in [-0.39, 0.29) is 12.5 Å². The van der Waals surface area contributed by atoms with Crippen molar-refractivity contribution < 1.29 is 9.53 Å². The molecule has 4 nitrogen and oxygen atoms in total. The van der Waals surface area contributed by atoms with Crippen LogP contribution in [-0.4, -0.2) is 17.5 Å². The minimum absolute atomic E-state index is 0.000340. The normalized spacial score (nSPS) is 14.6. The molecule has 2 heterocycles. The number of hydrogen-bond acceptors (Lipinski definition) is 3. The lowest BCUT2D eigenvalue weighted by Gasteiger charge is -2.16. The third-order valence-corrected chi connectivity index (χ3v) is 1.78. The number of nitrogens with zero attached hydrogens (tertiary/aromatic N) is 1. The SMILES string of the molecule is O=C1COc2nccc(Cl)c2N1. The second kappa shape index (κ2) is 2.64. The Morgan fingerprint density at radius 2 is 2.50 bits per heavy atom. The van der Waals surface area contributed by atoms with E-state index in [4.69, 9.17) is 16.3 Å². The molecule has 1 N–H and O–H groups in total. The Kier molecular flexibility index (Phi) is 1.62. The van der Waals surface area contributed by atoms with Crippen LogP contribution in [0.3, 0.4) is 0 Å². The fraction of sp³-hybridized carbons (Fsp3) is 0.143. The van der Waals surface area contributed by atoms with E-state index in [0.29, 0.717) is 16.6 Å². The van der Waals surface area contributed by atoms with Crippen molar-refractivity contribution in [1.29, 1.82) is 0 Å². The Labute approximate surface area is 73.5 Å². The molecule has 1 amide bonds. The van der Waals surface area contributed by atoms with Gasteiger partial charge in [-0.1, -0.05) is 11.6 Å². The summed E-state index contributed by atoms with van der Waals surface area (Å²) in [5, 5.41) is 3.01. The van der Waals surface area contributed by atoms with Crippen molar-refractivity contribution in [2.24, 2.45) is 0 Å². The molecule has 0 aliphatic carbocycles. The van der Waals surface area contributed by atoms with E-state index in [1.54, 1.807) is 6.07 Å². The summed E-state index contributed by atoms with van der Waals surface area (Å²) in [5.74, 6) is 0.166. The van der Waals surface area contributed by atoms with Gasteiger partial charge in [0, 0.05) is 6.20 Å². The maximum Gasteiger partial charge on any atom is 0.262 e. The van der Waals surface area contributed by atoms with E-state index in [0.717, 1.165) is 0 Å².